The van der Waals surface area contributed by atoms with Gasteiger partial charge in [0.1, 0.15) is 5.67 Å². The standard InChI is InChI=1S/C13H19FN2/c14-13(10-15)7-4-8-16(11-13)9-12-5-2-1-3-6-12/h1-3,5-6H,4,7-11,15H2. The predicted molar refractivity (Wildman–Crippen MR) is 63.8 cm³/mol. The van der Waals surface area contributed by atoms with Crippen LogP contribution in [0.25, 0.3) is 0 Å². The number of piperidine rings is 1. The van der Waals surface area contributed by atoms with E-state index in [4.69, 9.17) is 5.73 Å². The average molecular weight is 222 g/mol. The van der Waals surface area contributed by atoms with Crippen molar-refractivity contribution in [3.8, 4) is 0 Å². The zero-order valence-electron chi connectivity index (χ0n) is 9.53. The number of halogens is 1. The smallest absolute Gasteiger partial charge is 0.135 e. The summed E-state index contributed by atoms with van der Waals surface area (Å²) in [5, 5.41) is 0. The molecule has 0 aliphatic carbocycles. The first-order valence-electron chi connectivity index (χ1n) is 5.87. The van der Waals surface area contributed by atoms with Gasteiger partial charge in [0.05, 0.1) is 0 Å². The number of likely N-dealkylation sites (tertiary alicyclic amines) is 1. The van der Waals surface area contributed by atoms with E-state index in [1.165, 1.54) is 5.56 Å². The lowest BCUT2D eigenvalue weighted by Crippen LogP contribution is -2.49. The molecule has 0 bridgehead atoms. The Morgan fingerprint density at radius 3 is 2.75 bits per heavy atom. The third kappa shape index (κ3) is 2.80. The molecule has 2 rings (SSSR count). The van der Waals surface area contributed by atoms with Crippen molar-refractivity contribution in [2.75, 3.05) is 19.6 Å². The SMILES string of the molecule is NCC1(F)CCCN(Cc2ccccc2)C1. The number of benzene rings is 1. The Bertz CT molecular complexity index is 328. The average Bonchev–Trinajstić information content (AvgIpc) is 2.30. The van der Waals surface area contributed by atoms with Crippen LogP contribution in [0.4, 0.5) is 4.39 Å². The van der Waals surface area contributed by atoms with Gasteiger partial charge < -0.3 is 5.73 Å². The van der Waals surface area contributed by atoms with E-state index < -0.39 is 5.67 Å². The molecule has 1 heterocycles. The number of alkyl halides is 1. The second kappa shape index (κ2) is 4.93. The summed E-state index contributed by atoms with van der Waals surface area (Å²) >= 11 is 0. The lowest BCUT2D eigenvalue weighted by Gasteiger charge is -2.36. The summed E-state index contributed by atoms with van der Waals surface area (Å²) in [6.07, 6.45) is 1.51. The molecule has 0 spiro atoms. The summed E-state index contributed by atoms with van der Waals surface area (Å²) in [4.78, 5) is 2.16. The van der Waals surface area contributed by atoms with Crippen LogP contribution in [0.15, 0.2) is 30.3 Å². The van der Waals surface area contributed by atoms with Crippen molar-refractivity contribution in [3.05, 3.63) is 35.9 Å². The normalized spacial score (nSPS) is 26.9. The molecule has 1 aliphatic rings. The van der Waals surface area contributed by atoms with Crippen LogP contribution in [-0.4, -0.2) is 30.2 Å². The van der Waals surface area contributed by atoms with Crippen LogP contribution in [0.2, 0.25) is 0 Å². The van der Waals surface area contributed by atoms with Crippen molar-refractivity contribution in [3.63, 3.8) is 0 Å². The van der Waals surface area contributed by atoms with Crippen LogP contribution in [0.3, 0.4) is 0 Å². The highest BCUT2D eigenvalue weighted by molar-refractivity contribution is 5.14. The van der Waals surface area contributed by atoms with E-state index in [0.717, 1.165) is 19.5 Å². The molecule has 1 fully saturated rings. The minimum atomic E-state index is -1.17. The van der Waals surface area contributed by atoms with Crippen LogP contribution in [0.1, 0.15) is 18.4 Å². The molecule has 1 aromatic rings. The van der Waals surface area contributed by atoms with E-state index in [-0.39, 0.29) is 6.54 Å². The van der Waals surface area contributed by atoms with Crippen molar-refractivity contribution in [1.82, 2.24) is 4.90 Å². The van der Waals surface area contributed by atoms with Crippen LogP contribution >= 0.6 is 0 Å². The van der Waals surface area contributed by atoms with Crippen molar-refractivity contribution in [2.24, 2.45) is 5.73 Å². The molecule has 0 saturated carbocycles. The van der Waals surface area contributed by atoms with Gasteiger partial charge in [-0.3, -0.25) is 4.90 Å². The molecule has 3 heteroatoms. The Morgan fingerprint density at radius 2 is 2.06 bits per heavy atom. The van der Waals surface area contributed by atoms with Crippen LogP contribution in [0, 0.1) is 0 Å². The molecule has 0 radical (unpaired) electrons. The van der Waals surface area contributed by atoms with E-state index in [1.807, 2.05) is 18.2 Å². The zero-order valence-corrected chi connectivity index (χ0v) is 9.53. The summed E-state index contributed by atoms with van der Waals surface area (Å²) < 4.78 is 14.1. The second-order valence-electron chi connectivity index (χ2n) is 4.65. The first kappa shape index (κ1) is 11.6. The Kier molecular flexibility index (Phi) is 3.56. The summed E-state index contributed by atoms with van der Waals surface area (Å²) in [7, 11) is 0. The second-order valence-corrected chi connectivity index (χ2v) is 4.65. The lowest BCUT2D eigenvalue weighted by molar-refractivity contribution is 0.0482. The van der Waals surface area contributed by atoms with Crippen molar-refractivity contribution in [2.45, 2.75) is 25.1 Å². The maximum atomic E-state index is 14.1. The summed E-state index contributed by atoms with van der Waals surface area (Å²) in [6, 6.07) is 10.2. The third-order valence-corrected chi connectivity index (χ3v) is 3.22. The molecule has 16 heavy (non-hydrogen) atoms. The fraction of sp³-hybridized carbons (Fsp3) is 0.538. The van der Waals surface area contributed by atoms with Crippen LogP contribution in [-0.2, 0) is 6.54 Å². The molecule has 1 unspecified atom stereocenters. The largest absolute Gasteiger partial charge is 0.327 e. The maximum Gasteiger partial charge on any atom is 0.135 e. The van der Waals surface area contributed by atoms with Gasteiger partial charge >= 0.3 is 0 Å². The molecule has 2 nitrogen and oxygen atoms in total. The molecular weight excluding hydrogens is 203 g/mol. The Labute approximate surface area is 96.2 Å². The van der Waals surface area contributed by atoms with Gasteiger partial charge in [-0.2, -0.15) is 0 Å². The zero-order chi connectivity index (χ0) is 11.4. The van der Waals surface area contributed by atoms with E-state index in [0.29, 0.717) is 13.0 Å². The van der Waals surface area contributed by atoms with Crippen LogP contribution in [0.5, 0.6) is 0 Å². The highest BCUT2D eigenvalue weighted by Gasteiger charge is 2.33. The van der Waals surface area contributed by atoms with Gasteiger partial charge in [0.15, 0.2) is 0 Å². The van der Waals surface area contributed by atoms with Gasteiger partial charge in [0.2, 0.25) is 0 Å². The Hall–Kier alpha value is -0.930. The van der Waals surface area contributed by atoms with Gasteiger partial charge in [-0.15, -0.1) is 0 Å². The Balaban J connectivity index is 1.96. The minimum Gasteiger partial charge on any atom is -0.327 e. The fourth-order valence-corrected chi connectivity index (χ4v) is 2.32. The molecule has 1 aromatic carbocycles. The number of nitrogens with two attached hydrogens (primary N) is 1. The quantitative estimate of drug-likeness (QED) is 0.847. The van der Waals surface area contributed by atoms with Gasteiger partial charge in [0, 0.05) is 19.6 Å². The van der Waals surface area contributed by atoms with E-state index in [1.54, 1.807) is 0 Å². The highest BCUT2D eigenvalue weighted by Crippen LogP contribution is 2.25. The highest BCUT2D eigenvalue weighted by atomic mass is 19.1. The minimum absolute atomic E-state index is 0.137. The molecule has 2 N–H and O–H groups in total. The molecule has 1 aliphatic heterocycles. The molecule has 0 amide bonds. The van der Waals surface area contributed by atoms with Gasteiger partial charge in [0.25, 0.3) is 0 Å². The third-order valence-electron chi connectivity index (χ3n) is 3.22. The van der Waals surface area contributed by atoms with Gasteiger partial charge in [-0.25, -0.2) is 4.39 Å². The monoisotopic (exact) mass is 222 g/mol. The molecular formula is C13H19FN2. The molecule has 88 valence electrons. The van der Waals surface area contributed by atoms with E-state index >= 15 is 0 Å². The number of nitrogens with zero attached hydrogens (tertiary/aromatic N) is 1. The van der Waals surface area contributed by atoms with Gasteiger partial charge in [-0.1, -0.05) is 30.3 Å². The maximum absolute atomic E-state index is 14.1. The number of hydrogen-bond donors (Lipinski definition) is 1. The summed E-state index contributed by atoms with van der Waals surface area (Å²) in [6.45, 7) is 2.41. The Morgan fingerprint density at radius 1 is 1.31 bits per heavy atom. The van der Waals surface area contributed by atoms with Crippen LogP contribution < -0.4 is 5.73 Å². The number of hydrogen-bond acceptors (Lipinski definition) is 2. The fourth-order valence-electron chi connectivity index (χ4n) is 2.32. The first-order valence-corrected chi connectivity index (χ1v) is 5.87. The molecule has 1 atom stereocenters. The first-order chi connectivity index (χ1) is 7.72. The summed E-state index contributed by atoms with van der Waals surface area (Å²) in [5.74, 6) is 0. The van der Waals surface area contributed by atoms with E-state index in [9.17, 15) is 4.39 Å². The topological polar surface area (TPSA) is 29.3 Å². The lowest BCUT2D eigenvalue weighted by atomic mass is 9.94. The molecule has 1 saturated heterocycles. The predicted octanol–water partition coefficient (Wildman–Crippen LogP) is 1.95. The number of rotatable bonds is 3. The van der Waals surface area contributed by atoms with Gasteiger partial charge in [-0.05, 0) is 24.9 Å². The van der Waals surface area contributed by atoms with Crippen molar-refractivity contribution < 1.29 is 4.39 Å². The van der Waals surface area contributed by atoms with Crippen molar-refractivity contribution in [1.29, 1.82) is 0 Å². The molecule has 0 aromatic heterocycles. The summed E-state index contributed by atoms with van der Waals surface area (Å²) in [5.41, 5.74) is 5.56. The van der Waals surface area contributed by atoms with E-state index in [2.05, 4.69) is 17.0 Å². The van der Waals surface area contributed by atoms with Crippen molar-refractivity contribution >= 4 is 0 Å².